The average Bonchev–Trinajstić information content (AvgIpc) is 3.71. The maximum atomic E-state index is 14.6. The summed E-state index contributed by atoms with van der Waals surface area (Å²) in [6.45, 7) is 0.133. The number of anilines is 1. The number of ether oxygens (including phenoxy) is 2. The van der Waals surface area contributed by atoms with E-state index in [4.69, 9.17) is 9.47 Å². The van der Waals surface area contributed by atoms with Crippen molar-refractivity contribution in [2.75, 3.05) is 26.1 Å². The number of nitrogens with zero attached hydrogens (tertiary/aromatic N) is 1. The fourth-order valence-corrected chi connectivity index (χ4v) is 7.04. The predicted octanol–water partition coefficient (Wildman–Crippen LogP) is 3.53. The Morgan fingerprint density at radius 2 is 1.76 bits per heavy atom. The summed E-state index contributed by atoms with van der Waals surface area (Å²) in [6.07, 6.45) is 2.68. The van der Waals surface area contributed by atoms with E-state index in [1.807, 2.05) is 42.6 Å². The molecule has 4 atom stereocenters. The van der Waals surface area contributed by atoms with E-state index in [-0.39, 0.29) is 12.5 Å². The minimum Gasteiger partial charge on any atom is -0.493 e. The molecule has 10 heteroatoms. The van der Waals surface area contributed by atoms with Crippen molar-refractivity contribution in [3.63, 3.8) is 0 Å². The minimum absolute atomic E-state index is 0.133. The van der Waals surface area contributed by atoms with Gasteiger partial charge in [0.2, 0.25) is 17.7 Å². The number of methoxy groups -OCH3 is 2. The standard InChI is InChI=1S/C32H29FN4O5/c1-41-25-10-7-17(13-26(25)42-2)11-12-37-29(38)27-24(14-18-16-34-22-6-4-3-5-20(18)22)36-32(28(27)30(37)39)21-15-19(33)8-9-23(21)35-31(32)40/h3-10,13,15-16,24,27-28,34,36H,11-12,14H2,1-2H3,(H,35,40)/t24-,27-,28+,32-/m1/s1. The van der Waals surface area contributed by atoms with Gasteiger partial charge in [-0.1, -0.05) is 24.3 Å². The summed E-state index contributed by atoms with van der Waals surface area (Å²) in [6, 6.07) is 16.8. The second-order valence-electron chi connectivity index (χ2n) is 11.0. The number of fused-ring (bicyclic) bond motifs is 5. The van der Waals surface area contributed by atoms with Crippen LogP contribution in [0.4, 0.5) is 10.1 Å². The number of rotatable bonds is 7. The Morgan fingerprint density at radius 1 is 0.952 bits per heavy atom. The molecule has 3 aromatic carbocycles. The lowest BCUT2D eigenvalue weighted by Gasteiger charge is -2.29. The van der Waals surface area contributed by atoms with Gasteiger partial charge in [0.05, 0.1) is 26.1 Å². The fraction of sp³-hybridized carbons (Fsp3) is 0.281. The third kappa shape index (κ3) is 3.75. The van der Waals surface area contributed by atoms with Crippen molar-refractivity contribution in [1.29, 1.82) is 0 Å². The molecule has 1 spiro atoms. The molecule has 0 saturated carbocycles. The Labute approximate surface area is 241 Å². The van der Waals surface area contributed by atoms with Gasteiger partial charge in [-0.3, -0.25) is 24.6 Å². The SMILES string of the molecule is COc1ccc(CCN2C(=O)[C@H]3[C@@H](C2=O)[C@@]2(N[C@@H]3Cc3c[nH]c4ccccc34)C(=O)Nc3ccc(F)cc32)cc1OC. The highest BCUT2D eigenvalue weighted by Gasteiger charge is 2.70. The molecule has 3 amide bonds. The highest BCUT2D eigenvalue weighted by Crippen LogP contribution is 2.53. The first kappa shape index (κ1) is 26.2. The topological polar surface area (TPSA) is 113 Å². The van der Waals surface area contributed by atoms with E-state index in [0.29, 0.717) is 35.6 Å². The molecule has 2 fully saturated rings. The number of halogens is 1. The molecule has 4 heterocycles. The number of amides is 3. The van der Waals surface area contributed by atoms with E-state index in [0.717, 1.165) is 22.0 Å². The van der Waals surface area contributed by atoms with Crippen LogP contribution in [0.15, 0.2) is 66.9 Å². The van der Waals surface area contributed by atoms with Crippen molar-refractivity contribution in [3.05, 3.63) is 89.4 Å². The summed E-state index contributed by atoms with van der Waals surface area (Å²) >= 11 is 0. The molecule has 3 N–H and O–H groups in total. The Kier molecular flexibility index (Phi) is 6.05. The summed E-state index contributed by atoms with van der Waals surface area (Å²) in [7, 11) is 3.10. The van der Waals surface area contributed by atoms with E-state index in [1.165, 1.54) is 23.1 Å². The smallest absolute Gasteiger partial charge is 0.250 e. The molecule has 0 bridgehead atoms. The number of likely N-dealkylation sites (tertiary alicyclic amines) is 1. The molecule has 1 aromatic heterocycles. The average molecular weight is 569 g/mol. The number of aromatic nitrogens is 1. The van der Waals surface area contributed by atoms with Gasteiger partial charge in [-0.25, -0.2) is 4.39 Å². The van der Waals surface area contributed by atoms with Crippen LogP contribution in [-0.2, 0) is 32.8 Å². The molecule has 7 rings (SSSR count). The maximum Gasteiger partial charge on any atom is 0.250 e. The van der Waals surface area contributed by atoms with Crippen molar-refractivity contribution < 1.29 is 28.2 Å². The highest BCUT2D eigenvalue weighted by molar-refractivity contribution is 6.15. The van der Waals surface area contributed by atoms with Crippen LogP contribution in [0.2, 0.25) is 0 Å². The number of carbonyl (C=O) groups is 3. The van der Waals surface area contributed by atoms with Gasteiger partial charge in [0.1, 0.15) is 11.4 Å². The second-order valence-corrected chi connectivity index (χ2v) is 11.0. The van der Waals surface area contributed by atoms with Crippen LogP contribution in [-0.4, -0.2) is 54.4 Å². The molecule has 2 saturated heterocycles. The molecule has 0 aliphatic carbocycles. The van der Waals surface area contributed by atoms with Gasteiger partial charge in [0.25, 0.3) is 0 Å². The zero-order chi connectivity index (χ0) is 29.2. The van der Waals surface area contributed by atoms with Crippen LogP contribution >= 0.6 is 0 Å². The van der Waals surface area contributed by atoms with Crippen LogP contribution in [0.1, 0.15) is 16.7 Å². The number of hydrogen-bond donors (Lipinski definition) is 3. The number of H-pyrrole nitrogens is 1. The Hall–Kier alpha value is -4.70. The van der Waals surface area contributed by atoms with Crippen molar-refractivity contribution >= 4 is 34.3 Å². The van der Waals surface area contributed by atoms with Crippen LogP contribution in [0.5, 0.6) is 11.5 Å². The summed E-state index contributed by atoms with van der Waals surface area (Å²) in [5.74, 6) is -2.45. The van der Waals surface area contributed by atoms with E-state index < -0.39 is 41.0 Å². The second kappa shape index (κ2) is 9.70. The first-order valence-electron chi connectivity index (χ1n) is 13.9. The van der Waals surface area contributed by atoms with Crippen molar-refractivity contribution in [2.24, 2.45) is 11.8 Å². The normalized spacial score (nSPS) is 24.4. The van der Waals surface area contributed by atoms with E-state index in [9.17, 15) is 18.8 Å². The van der Waals surface area contributed by atoms with Gasteiger partial charge >= 0.3 is 0 Å². The van der Waals surface area contributed by atoms with E-state index in [2.05, 4.69) is 15.6 Å². The Morgan fingerprint density at radius 3 is 2.57 bits per heavy atom. The van der Waals surface area contributed by atoms with Gasteiger partial charge < -0.3 is 19.8 Å². The zero-order valence-electron chi connectivity index (χ0n) is 23.1. The van der Waals surface area contributed by atoms with Crippen molar-refractivity contribution in [2.45, 2.75) is 24.4 Å². The molecule has 9 nitrogen and oxygen atoms in total. The molecule has 214 valence electrons. The van der Waals surface area contributed by atoms with Crippen molar-refractivity contribution in [1.82, 2.24) is 15.2 Å². The van der Waals surface area contributed by atoms with Gasteiger partial charge in [-0.2, -0.15) is 0 Å². The summed E-state index contributed by atoms with van der Waals surface area (Å²) in [5.41, 5.74) is 1.99. The lowest BCUT2D eigenvalue weighted by molar-refractivity contribution is -0.142. The Bertz CT molecular complexity index is 1770. The van der Waals surface area contributed by atoms with Crippen LogP contribution < -0.4 is 20.1 Å². The van der Waals surface area contributed by atoms with Gasteiger partial charge in [-0.15, -0.1) is 0 Å². The molecule has 4 aromatic rings. The van der Waals surface area contributed by atoms with Crippen molar-refractivity contribution in [3.8, 4) is 11.5 Å². The van der Waals surface area contributed by atoms with Gasteiger partial charge in [0, 0.05) is 40.9 Å². The molecule has 42 heavy (non-hydrogen) atoms. The number of carbonyl (C=O) groups excluding carboxylic acids is 3. The molecule has 3 aliphatic rings. The quantitative estimate of drug-likeness (QED) is 0.294. The minimum atomic E-state index is -1.57. The third-order valence-electron chi connectivity index (χ3n) is 8.96. The number of aromatic amines is 1. The molecule has 0 unspecified atom stereocenters. The highest BCUT2D eigenvalue weighted by atomic mass is 19.1. The first-order valence-corrected chi connectivity index (χ1v) is 13.9. The van der Waals surface area contributed by atoms with Crippen LogP contribution in [0.25, 0.3) is 10.9 Å². The lowest BCUT2D eigenvalue weighted by Crippen LogP contribution is -2.53. The number of para-hydroxylation sites is 1. The van der Waals surface area contributed by atoms with Gasteiger partial charge in [0.15, 0.2) is 11.5 Å². The van der Waals surface area contributed by atoms with Crippen LogP contribution in [0.3, 0.4) is 0 Å². The predicted molar refractivity (Wildman–Crippen MR) is 153 cm³/mol. The third-order valence-corrected chi connectivity index (χ3v) is 8.96. The molecular weight excluding hydrogens is 539 g/mol. The summed E-state index contributed by atoms with van der Waals surface area (Å²) in [4.78, 5) is 46.5. The number of benzene rings is 3. The molecule has 3 aliphatic heterocycles. The van der Waals surface area contributed by atoms with Crippen LogP contribution in [0, 0.1) is 17.7 Å². The zero-order valence-corrected chi connectivity index (χ0v) is 23.1. The Balaban J connectivity index is 1.26. The maximum absolute atomic E-state index is 14.6. The monoisotopic (exact) mass is 568 g/mol. The molecular formula is C32H29FN4O5. The number of nitrogens with one attached hydrogen (secondary N) is 3. The largest absolute Gasteiger partial charge is 0.493 e. The van der Waals surface area contributed by atoms with E-state index >= 15 is 0 Å². The first-order chi connectivity index (χ1) is 20.3. The number of hydrogen-bond acceptors (Lipinski definition) is 6. The van der Waals surface area contributed by atoms with E-state index in [1.54, 1.807) is 20.3 Å². The lowest BCUT2D eigenvalue weighted by atomic mass is 9.76. The summed E-state index contributed by atoms with van der Waals surface area (Å²) < 4.78 is 25.3. The fourth-order valence-electron chi connectivity index (χ4n) is 7.04. The van der Waals surface area contributed by atoms with Gasteiger partial charge in [-0.05, 0) is 60.4 Å². The summed E-state index contributed by atoms with van der Waals surface area (Å²) in [5, 5.41) is 7.23. The number of imide groups is 1. The molecule has 0 radical (unpaired) electrons.